The zero-order chi connectivity index (χ0) is 26.2. The Labute approximate surface area is 226 Å². The van der Waals surface area contributed by atoms with E-state index in [4.69, 9.17) is 29.9 Å². The quantitative estimate of drug-likeness (QED) is 0.229. The summed E-state index contributed by atoms with van der Waals surface area (Å²) in [6.07, 6.45) is 7.22. The van der Waals surface area contributed by atoms with E-state index in [1.54, 1.807) is 18.6 Å². The summed E-state index contributed by atoms with van der Waals surface area (Å²) in [5.74, 6) is 0. The summed E-state index contributed by atoms with van der Waals surface area (Å²) in [4.78, 5) is 36.1. The van der Waals surface area contributed by atoms with Crippen LogP contribution in [-0.2, 0) is 0 Å². The van der Waals surface area contributed by atoms with E-state index in [-0.39, 0.29) is 0 Å². The first kappa shape index (κ1) is 21.2. The number of hydrogen-bond acceptors (Lipinski definition) is 6. The van der Waals surface area contributed by atoms with Gasteiger partial charge in [-0.25, -0.2) is 9.97 Å². The highest BCUT2D eigenvalue weighted by Gasteiger charge is 2.20. The third-order valence-corrected chi connectivity index (χ3v) is 7.50. The lowest BCUT2D eigenvalue weighted by Crippen LogP contribution is -1.81. The Morgan fingerprint density at radius 3 is 1.40 bits per heavy atom. The van der Waals surface area contributed by atoms with E-state index in [9.17, 15) is 0 Å². The van der Waals surface area contributed by atoms with E-state index in [0.717, 1.165) is 89.2 Å². The molecule has 9 heterocycles. The minimum absolute atomic E-state index is 0.774. The standard InChI is InChI=1S/C32H18N8/c1-5-17-21-13-22-18-6-2-11-35-31(18)27(38-22)16-28-32-20(8-4-12-36-32)24(40-28)15-26-30-19(7-3-10-34-30)23(39-26)14-25(37-21)29(17)33-9-1/h1-16,37,40H. The molecule has 8 bridgehead atoms. The van der Waals surface area contributed by atoms with Crippen LogP contribution in [0.3, 0.4) is 0 Å². The summed E-state index contributed by atoms with van der Waals surface area (Å²) in [7, 11) is 0. The molecule has 2 aliphatic rings. The Morgan fingerprint density at radius 2 is 0.850 bits per heavy atom. The molecule has 186 valence electrons. The van der Waals surface area contributed by atoms with Crippen LogP contribution in [0.1, 0.15) is 0 Å². The molecule has 0 fully saturated rings. The largest absolute Gasteiger partial charge is 0.353 e. The predicted octanol–water partition coefficient (Wildman–Crippen LogP) is 6.87. The van der Waals surface area contributed by atoms with Crippen molar-refractivity contribution in [3.05, 3.63) is 97.6 Å². The number of fused-ring (bicyclic) bond motifs is 20. The van der Waals surface area contributed by atoms with Gasteiger partial charge in [0.2, 0.25) is 0 Å². The van der Waals surface area contributed by atoms with Crippen molar-refractivity contribution in [2.75, 3.05) is 0 Å². The van der Waals surface area contributed by atoms with Gasteiger partial charge in [0.05, 0.1) is 67.3 Å². The third kappa shape index (κ3) is 3.01. The fraction of sp³-hybridized carbons (Fsp3) is 0. The summed E-state index contributed by atoms with van der Waals surface area (Å²) in [5.41, 5.74) is 12.1. The van der Waals surface area contributed by atoms with Gasteiger partial charge in [0.1, 0.15) is 0 Å². The van der Waals surface area contributed by atoms with Crippen LogP contribution in [0.2, 0.25) is 0 Å². The van der Waals surface area contributed by atoms with E-state index in [0.29, 0.717) is 0 Å². The predicted molar refractivity (Wildman–Crippen MR) is 156 cm³/mol. The zero-order valence-electron chi connectivity index (χ0n) is 20.9. The number of H-pyrrole nitrogens is 2. The lowest BCUT2D eigenvalue weighted by Gasteiger charge is -1.96. The molecular weight excluding hydrogens is 496 g/mol. The molecule has 0 atom stereocenters. The van der Waals surface area contributed by atoms with Crippen molar-refractivity contribution in [2.45, 2.75) is 0 Å². The lowest BCUT2D eigenvalue weighted by atomic mass is 10.1. The topological polar surface area (TPSA) is 109 Å². The second-order valence-electron chi connectivity index (χ2n) is 9.84. The van der Waals surface area contributed by atoms with Gasteiger partial charge in [0.25, 0.3) is 0 Å². The SMILES string of the molecule is c1cnc2c(c1)-c1cc3[nH]c(cc4nc(cc5[nH]c(cc-2n1)c1cccnc51)-c1ncccc1-4)c1cccnc31. The van der Waals surface area contributed by atoms with Crippen molar-refractivity contribution in [3.63, 3.8) is 0 Å². The van der Waals surface area contributed by atoms with Gasteiger partial charge in [-0.1, -0.05) is 0 Å². The first-order valence-electron chi connectivity index (χ1n) is 13.0. The number of hydrogen-bond donors (Lipinski definition) is 2. The van der Waals surface area contributed by atoms with Crippen molar-refractivity contribution < 1.29 is 0 Å². The van der Waals surface area contributed by atoms with Gasteiger partial charge in [0, 0.05) is 46.7 Å². The van der Waals surface area contributed by atoms with Crippen LogP contribution in [0.15, 0.2) is 97.6 Å². The molecule has 0 amide bonds. The van der Waals surface area contributed by atoms with Crippen molar-refractivity contribution in [1.82, 2.24) is 39.9 Å². The molecule has 0 spiro atoms. The normalized spacial score (nSPS) is 12.0. The first-order chi connectivity index (χ1) is 19.8. The smallest absolute Gasteiger partial charge is 0.0981 e. The van der Waals surface area contributed by atoms with Crippen LogP contribution in [0, 0.1) is 0 Å². The Kier molecular flexibility index (Phi) is 4.17. The molecule has 0 saturated carbocycles. The summed E-state index contributed by atoms with van der Waals surface area (Å²) >= 11 is 0. The maximum Gasteiger partial charge on any atom is 0.0981 e. The molecule has 2 aliphatic heterocycles. The molecule has 9 rings (SSSR count). The number of nitrogens with one attached hydrogen (secondary N) is 2. The molecular formula is C32H18N8. The number of aromatic nitrogens is 8. The van der Waals surface area contributed by atoms with Crippen LogP contribution < -0.4 is 0 Å². The minimum Gasteiger partial charge on any atom is -0.353 e. The summed E-state index contributed by atoms with van der Waals surface area (Å²) in [6, 6.07) is 24.2. The molecule has 7 aromatic rings. The first-order valence-corrected chi connectivity index (χ1v) is 13.0. The van der Waals surface area contributed by atoms with Crippen molar-refractivity contribution in [1.29, 1.82) is 0 Å². The molecule has 8 nitrogen and oxygen atoms in total. The average molecular weight is 515 g/mol. The monoisotopic (exact) mass is 514 g/mol. The highest BCUT2D eigenvalue weighted by atomic mass is 14.9. The van der Waals surface area contributed by atoms with Crippen LogP contribution in [0.4, 0.5) is 0 Å². The Morgan fingerprint density at radius 1 is 0.425 bits per heavy atom. The maximum absolute atomic E-state index is 5.05. The summed E-state index contributed by atoms with van der Waals surface area (Å²) in [6.45, 7) is 0. The summed E-state index contributed by atoms with van der Waals surface area (Å²) in [5, 5.41) is 2.00. The van der Waals surface area contributed by atoms with Gasteiger partial charge in [-0.3, -0.25) is 19.9 Å². The van der Waals surface area contributed by atoms with Crippen molar-refractivity contribution >= 4 is 43.9 Å². The third-order valence-electron chi connectivity index (χ3n) is 7.50. The Balaban J connectivity index is 1.51. The van der Waals surface area contributed by atoms with Gasteiger partial charge < -0.3 is 9.97 Å². The molecule has 40 heavy (non-hydrogen) atoms. The van der Waals surface area contributed by atoms with E-state index in [1.165, 1.54) is 0 Å². The molecule has 2 N–H and O–H groups in total. The molecule has 7 aromatic heterocycles. The molecule has 8 heteroatoms. The Bertz CT molecular complexity index is 2030. The van der Waals surface area contributed by atoms with Crippen molar-refractivity contribution in [3.8, 4) is 45.3 Å². The molecule has 0 aromatic carbocycles. The van der Waals surface area contributed by atoms with Crippen LogP contribution in [0.5, 0.6) is 0 Å². The van der Waals surface area contributed by atoms with E-state index < -0.39 is 0 Å². The lowest BCUT2D eigenvalue weighted by molar-refractivity contribution is 1.32. The molecule has 0 aliphatic carbocycles. The fourth-order valence-electron chi connectivity index (χ4n) is 5.74. The molecule has 0 saturated heterocycles. The molecule has 0 radical (unpaired) electrons. The molecule has 0 unspecified atom stereocenters. The van der Waals surface area contributed by atoms with Gasteiger partial charge in [0.15, 0.2) is 0 Å². The van der Waals surface area contributed by atoms with Gasteiger partial charge >= 0.3 is 0 Å². The van der Waals surface area contributed by atoms with Crippen LogP contribution in [-0.4, -0.2) is 39.9 Å². The van der Waals surface area contributed by atoms with E-state index in [2.05, 4.69) is 46.4 Å². The maximum atomic E-state index is 5.05. The second kappa shape index (κ2) is 7.87. The van der Waals surface area contributed by atoms with Gasteiger partial charge in [-0.2, -0.15) is 0 Å². The van der Waals surface area contributed by atoms with Crippen LogP contribution >= 0.6 is 0 Å². The fourth-order valence-corrected chi connectivity index (χ4v) is 5.74. The van der Waals surface area contributed by atoms with Gasteiger partial charge in [-0.15, -0.1) is 0 Å². The van der Waals surface area contributed by atoms with E-state index in [1.807, 2.05) is 42.6 Å². The highest BCUT2D eigenvalue weighted by Crippen LogP contribution is 2.38. The van der Waals surface area contributed by atoms with Gasteiger partial charge in [-0.05, 0) is 72.8 Å². The number of aromatic amines is 2. The number of nitrogens with zero attached hydrogens (tertiary/aromatic N) is 6. The van der Waals surface area contributed by atoms with Crippen molar-refractivity contribution in [2.24, 2.45) is 0 Å². The summed E-state index contributed by atoms with van der Waals surface area (Å²) < 4.78 is 0. The van der Waals surface area contributed by atoms with Crippen LogP contribution in [0.25, 0.3) is 89.2 Å². The van der Waals surface area contributed by atoms with E-state index >= 15 is 0 Å². The zero-order valence-corrected chi connectivity index (χ0v) is 20.9. The average Bonchev–Trinajstić information content (AvgIpc) is 3.73. The second-order valence-corrected chi connectivity index (χ2v) is 9.84. The number of rotatable bonds is 0. The highest BCUT2D eigenvalue weighted by molar-refractivity contribution is 6.07. The minimum atomic E-state index is 0.774. The Hall–Kier alpha value is -5.76. The number of pyridine rings is 4.